The molecule has 0 aromatic heterocycles. The average molecular weight is 220 g/mol. The molecule has 0 saturated carbocycles. The number of amides is 2. The number of hydrogen-bond acceptors (Lipinski definition) is 2. The minimum atomic E-state index is -0.521. The van der Waals surface area contributed by atoms with E-state index in [0.29, 0.717) is 6.42 Å². The molecule has 2 N–H and O–H groups in total. The average Bonchev–Trinajstić information content (AvgIpc) is 2.30. The molecule has 0 radical (unpaired) electrons. The van der Waals surface area contributed by atoms with Crippen molar-refractivity contribution in [2.24, 2.45) is 0 Å². The molecule has 0 aliphatic rings. The van der Waals surface area contributed by atoms with Gasteiger partial charge in [0.25, 0.3) is 0 Å². The summed E-state index contributed by atoms with van der Waals surface area (Å²) in [7, 11) is 0. The van der Waals surface area contributed by atoms with Crippen LogP contribution in [0.5, 0.6) is 0 Å². The fraction of sp³-hybridized carbons (Fsp3) is 0.333. The van der Waals surface area contributed by atoms with Crippen molar-refractivity contribution in [3.63, 3.8) is 0 Å². The maximum absolute atomic E-state index is 11.6. The van der Waals surface area contributed by atoms with Crippen LogP contribution < -0.4 is 10.6 Å². The predicted octanol–water partition coefficient (Wildman–Crippen LogP) is 1.54. The molecule has 0 heterocycles. The first kappa shape index (κ1) is 12.2. The maximum atomic E-state index is 11.6. The molecule has 1 aromatic rings. The van der Waals surface area contributed by atoms with Crippen molar-refractivity contribution in [2.75, 3.05) is 5.32 Å². The van der Waals surface area contributed by atoms with Crippen LogP contribution in [-0.2, 0) is 9.59 Å². The molecule has 2 amide bonds. The molecule has 0 spiro atoms. The number of nitrogens with one attached hydrogen (secondary N) is 2. The highest BCUT2D eigenvalue weighted by atomic mass is 16.2. The van der Waals surface area contributed by atoms with Gasteiger partial charge >= 0.3 is 0 Å². The van der Waals surface area contributed by atoms with Crippen LogP contribution >= 0.6 is 0 Å². The lowest BCUT2D eigenvalue weighted by atomic mass is 10.2. The largest absolute Gasteiger partial charge is 0.345 e. The van der Waals surface area contributed by atoms with Crippen LogP contribution in [0.1, 0.15) is 20.3 Å². The van der Waals surface area contributed by atoms with E-state index in [0.717, 1.165) is 5.69 Å². The molecule has 0 saturated heterocycles. The van der Waals surface area contributed by atoms with Crippen molar-refractivity contribution in [2.45, 2.75) is 26.3 Å². The number of carbonyl (C=O) groups excluding carboxylic acids is 2. The van der Waals surface area contributed by atoms with Gasteiger partial charge in [0.05, 0.1) is 0 Å². The maximum Gasteiger partial charge on any atom is 0.246 e. The Labute approximate surface area is 95.0 Å². The minimum Gasteiger partial charge on any atom is -0.345 e. The third-order valence-corrected chi connectivity index (χ3v) is 2.13. The van der Waals surface area contributed by atoms with Gasteiger partial charge in [0, 0.05) is 12.1 Å². The molecule has 1 unspecified atom stereocenters. The van der Waals surface area contributed by atoms with Gasteiger partial charge < -0.3 is 10.6 Å². The second-order valence-electron chi connectivity index (χ2n) is 3.50. The summed E-state index contributed by atoms with van der Waals surface area (Å²) in [6.45, 7) is 3.41. The molecule has 1 rings (SSSR count). The molecule has 0 fully saturated rings. The zero-order chi connectivity index (χ0) is 12.0. The van der Waals surface area contributed by atoms with Crippen LogP contribution in [0.3, 0.4) is 0 Å². The molecule has 86 valence electrons. The second kappa shape index (κ2) is 5.90. The first-order valence-electron chi connectivity index (χ1n) is 5.28. The fourth-order valence-corrected chi connectivity index (χ4v) is 1.18. The third-order valence-electron chi connectivity index (χ3n) is 2.13. The summed E-state index contributed by atoms with van der Waals surface area (Å²) in [5.41, 5.74) is 0.727. The van der Waals surface area contributed by atoms with E-state index in [4.69, 9.17) is 0 Å². The predicted molar refractivity (Wildman–Crippen MR) is 63.0 cm³/mol. The van der Waals surface area contributed by atoms with E-state index in [1.165, 1.54) is 0 Å². The zero-order valence-corrected chi connectivity index (χ0v) is 9.49. The Morgan fingerprint density at radius 2 is 1.88 bits per heavy atom. The Hall–Kier alpha value is -1.84. The van der Waals surface area contributed by atoms with Gasteiger partial charge in [-0.3, -0.25) is 9.59 Å². The van der Waals surface area contributed by atoms with Crippen LogP contribution in [-0.4, -0.2) is 17.9 Å². The first-order chi connectivity index (χ1) is 7.63. The summed E-state index contributed by atoms with van der Waals surface area (Å²) in [6.07, 6.45) is 0.378. The van der Waals surface area contributed by atoms with Crippen LogP contribution in [0.2, 0.25) is 0 Å². The Kier molecular flexibility index (Phi) is 4.51. The summed E-state index contributed by atoms with van der Waals surface area (Å²) in [6, 6.07) is 8.62. The van der Waals surface area contributed by atoms with Crippen molar-refractivity contribution in [3.05, 3.63) is 30.3 Å². The fourth-order valence-electron chi connectivity index (χ4n) is 1.18. The second-order valence-corrected chi connectivity index (χ2v) is 3.50. The molecule has 0 bridgehead atoms. The van der Waals surface area contributed by atoms with E-state index in [1.54, 1.807) is 26.0 Å². The molecular weight excluding hydrogens is 204 g/mol. The third kappa shape index (κ3) is 3.73. The molecule has 4 nitrogen and oxygen atoms in total. The molecule has 16 heavy (non-hydrogen) atoms. The summed E-state index contributed by atoms with van der Waals surface area (Å²) in [4.78, 5) is 22.7. The van der Waals surface area contributed by atoms with Crippen LogP contribution in [0.4, 0.5) is 5.69 Å². The van der Waals surface area contributed by atoms with E-state index < -0.39 is 6.04 Å². The summed E-state index contributed by atoms with van der Waals surface area (Å²) in [5, 5.41) is 5.32. The molecule has 1 aromatic carbocycles. The number of anilines is 1. The van der Waals surface area contributed by atoms with Gasteiger partial charge in [-0.1, -0.05) is 25.1 Å². The van der Waals surface area contributed by atoms with Crippen molar-refractivity contribution in [1.82, 2.24) is 5.32 Å². The lowest BCUT2D eigenvalue weighted by molar-refractivity contribution is -0.125. The van der Waals surface area contributed by atoms with Crippen molar-refractivity contribution in [1.29, 1.82) is 0 Å². The van der Waals surface area contributed by atoms with Crippen LogP contribution in [0.15, 0.2) is 30.3 Å². The van der Waals surface area contributed by atoms with E-state index in [-0.39, 0.29) is 11.8 Å². The van der Waals surface area contributed by atoms with E-state index >= 15 is 0 Å². The standard InChI is InChI=1S/C12H16N2O2/c1-3-11(15)13-9(2)12(16)14-10-7-5-4-6-8-10/h4-9H,3H2,1-2H3,(H,13,15)(H,14,16). The zero-order valence-electron chi connectivity index (χ0n) is 9.49. The van der Waals surface area contributed by atoms with E-state index in [9.17, 15) is 9.59 Å². The highest BCUT2D eigenvalue weighted by Gasteiger charge is 2.14. The van der Waals surface area contributed by atoms with Crippen LogP contribution in [0, 0.1) is 0 Å². The highest BCUT2D eigenvalue weighted by Crippen LogP contribution is 2.05. The molecule has 4 heteroatoms. The van der Waals surface area contributed by atoms with E-state index in [1.807, 2.05) is 18.2 Å². The Morgan fingerprint density at radius 3 is 2.44 bits per heavy atom. The summed E-state index contributed by atoms with van der Waals surface area (Å²) >= 11 is 0. The minimum absolute atomic E-state index is 0.129. The Bertz CT molecular complexity index is 363. The van der Waals surface area contributed by atoms with Crippen molar-refractivity contribution in [3.8, 4) is 0 Å². The molecule has 1 atom stereocenters. The van der Waals surface area contributed by atoms with Gasteiger partial charge in [-0.2, -0.15) is 0 Å². The van der Waals surface area contributed by atoms with E-state index in [2.05, 4.69) is 10.6 Å². The topological polar surface area (TPSA) is 58.2 Å². The van der Waals surface area contributed by atoms with Gasteiger partial charge in [-0.15, -0.1) is 0 Å². The molecule has 0 aliphatic heterocycles. The monoisotopic (exact) mass is 220 g/mol. The number of rotatable bonds is 4. The lowest BCUT2D eigenvalue weighted by Gasteiger charge is -2.13. The van der Waals surface area contributed by atoms with Gasteiger partial charge in [-0.05, 0) is 19.1 Å². The molecule has 0 aliphatic carbocycles. The highest BCUT2D eigenvalue weighted by molar-refractivity contribution is 5.96. The summed E-state index contributed by atoms with van der Waals surface area (Å²) < 4.78 is 0. The smallest absolute Gasteiger partial charge is 0.246 e. The number of para-hydroxylation sites is 1. The number of carbonyl (C=O) groups is 2. The van der Waals surface area contributed by atoms with Crippen molar-refractivity contribution >= 4 is 17.5 Å². The number of hydrogen-bond donors (Lipinski definition) is 2. The molecular formula is C12H16N2O2. The van der Waals surface area contributed by atoms with Gasteiger partial charge in [0.15, 0.2) is 0 Å². The number of benzene rings is 1. The van der Waals surface area contributed by atoms with Gasteiger partial charge in [0.1, 0.15) is 6.04 Å². The Morgan fingerprint density at radius 1 is 1.25 bits per heavy atom. The quantitative estimate of drug-likeness (QED) is 0.808. The van der Waals surface area contributed by atoms with Crippen LogP contribution in [0.25, 0.3) is 0 Å². The van der Waals surface area contributed by atoms with Crippen molar-refractivity contribution < 1.29 is 9.59 Å². The van der Waals surface area contributed by atoms with Gasteiger partial charge in [0.2, 0.25) is 11.8 Å². The van der Waals surface area contributed by atoms with Gasteiger partial charge in [-0.25, -0.2) is 0 Å². The SMILES string of the molecule is CCC(=O)NC(C)C(=O)Nc1ccccc1. The first-order valence-corrected chi connectivity index (χ1v) is 5.28. The lowest BCUT2D eigenvalue weighted by Crippen LogP contribution is -2.41. The Balaban J connectivity index is 2.49. The normalized spacial score (nSPS) is 11.6. The summed E-state index contributed by atoms with van der Waals surface area (Å²) in [5.74, 6) is -0.344.